The van der Waals surface area contributed by atoms with Crippen LogP contribution in [0.15, 0.2) is 0 Å². The first-order valence-corrected chi connectivity index (χ1v) is 8.12. The van der Waals surface area contributed by atoms with Crippen molar-refractivity contribution in [3.63, 3.8) is 0 Å². The number of carbonyl (C=O) groups is 2. The van der Waals surface area contributed by atoms with Gasteiger partial charge in [0.1, 0.15) is 0 Å². The van der Waals surface area contributed by atoms with Crippen LogP contribution in [0.25, 0.3) is 0 Å². The number of nitrogens with zero attached hydrogens (tertiary/aromatic N) is 1. The lowest BCUT2D eigenvalue weighted by Gasteiger charge is -2.39. The van der Waals surface area contributed by atoms with Crippen LogP contribution in [0.2, 0.25) is 0 Å². The zero-order valence-corrected chi connectivity index (χ0v) is 12.6. The molecule has 2 fully saturated rings. The van der Waals surface area contributed by atoms with Crippen molar-refractivity contribution in [2.45, 2.75) is 77.2 Å². The van der Waals surface area contributed by atoms with Crippen LogP contribution in [0.3, 0.4) is 0 Å². The highest BCUT2D eigenvalue weighted by Crippen LogP contribution is 2.40. The molecule has 20 heavy (non-hydrogen) atoms. The molecule has 0 aromatic heterocycles. The average molecular weight is 281 g/mol. The normalized spacial score (nSPS) is 26.2. The lowest BCUT2D eigenvalue weighted by atomic mass is 9.71. The molecule has 1 unspecified atom stereocenters. The van der Waals surface area contributed by atoms with E-state index in [1.807, 2.05) is 4.90 Å². The molecule has 2 aliphatic rings. The van der Waals surface area contributed by atoms with Gasteiger partial charge in [0.15, 0.2) is 0 Å². The molecule has 1 aliphatic heterocycles. The molecule has 0 spiro atoms. The van der Waals surface area contributed by atoms with Gasteiger partial charge in [-0.25, -0.2) is 0 Å². The summed E-state index contributed by atoms with van der Waals surface area (Å²) in [5.74, 6) is -0.698. The minimum atomic E-state index is -0.787. The Morgan fingerprint density at radius 1 is 1.15 bits per heavy atom. The van der Waals surface area contributed by atoms with Crippen molar-refractivity contribution in [3.8, 4) is 0 Å². The number of carboxylic acid groups (broad SMARTS) is 1. The summed E-state index contributed by atoms with van der Waals surface area (Å²) in [6.45, 7) is 2.93. The topological polar surface area (TPSA) is 57.6 Å². The largest absolute Gasteiger partial charge is 0.481 e. The highest BCUT2D eigenvalue weighted by molar-refractivity contribution is 5.85. The lowest BCUT2D eigenvalue weighted by molar-refractivity contribution is -0.157. The molecule has 1 aliphatic carbocycles. The Hall–Kier alpha value is -1.06. The fraction of sp³-hybridized carbons (Fsp3) is 0.875. The van der Waals surface area contributed by atoms with Crippen LogP contribution in [0, 0.1) is 5.41 Å². The zero-order chi connectivity index (χ0) is 14.6. The number of amides is 1. The van der Waals surface area contributed by atoms with Crippen molar-refractivity contribution in [1.82, 2.24) is 4.90 Å². The van der Waals surface area contributed by atoms with E-state index in [0.717, 1.165) is 45.1 Å². The van der Waals surface area contributed by atoms with Gasteiger partial charge in [0.2, 0.25) is 5.91 Å². The molecule has 1 saturated carbocycles. The number of hydrogen-bond donors (Lipinski definition) is 1. The minimum absolute atomic E-state index is 0.0702. The molecule has 0 radical (unpaired) electrons. The van der Waals surface area contributed by atoms with E-state index in [-0.39, 0.29) is 12.3 Å². The SMILES string of the molecule is CCC1CCCCN1C(=O)CC1(C(=O)O)CCCCC1. The predicted molar refractivity (Wildman–Crippen MR) is 77.4 cm³/mol. The third-order valence-electron chi connectivity index (χ3n) is 5.17. The van der Waals surface area contributed by atoms with Crippen LogP contribution in [-0.2, 0) is 9.59 Å². The Labute approximate surface area is 121 Å². The first kappa shape index (κ1) is 15.3. The third kappa shape index (κ3) is 3.15. The van der Waals surface area contributed by atoms with Crippen LogP contribution in [0.4, 0.5) is 0 Å². The highest BCUT2D eigenvalue weighted by Gasteiger charge is 2.43. The Morgan fingerprint density at radius 2 is 1.85 bits per heavy atom. The van der Waals surface area contributed by atoms with E-state index in [2.05, 4.69) is 6.92 Å². The number of hydrogen-bond acceptors (Lipinski definition) is 2. The zero-order valence-electron chi connectivity index (χ0n) is 12.6. The summed E-state index contributed by atoms with van der Waals surface area (Å²) in [5.41, 5.74) is -0.787. The third-order valence-corrected chi connectivity index (χ3v) is 5.17. The Balaban J connectivity index is 2.05. The van der Waals surface area contributed by atoms with Gasteiger partial charge in [-0.2, -0.15) is 0 Å². The number of carbonyl (C=O) groups excluding carboxylic acids is 1. The van der Waals surface area contributed by atoms with Crippen LogP contribution >= 0.6 is 0 Å². The molecule has 1 heterocycles. The molecule has 4 nitrogen and oxygen atoms in total. The Morgan fingerprint density at radius 3 is 2.45 bits per heavy atom. The van der Waals surface area contributed by atoms with Gasteiger partial charge in [-0.3, -0.25) is 9.59 Å². The van der Waals surface area contributed by atoms with Gasteiger partial charge in [0.05, 0.1) is 5.41 Å². The maximum atomic E-state index is 12.6. The Bertz CT molecular complexity index is 361. The monoisotopic (exact) mass is 281 g/mol. The number of piperidine rings is 1. The molecule has 1 amide bonds. The molecule has 2 rings (SSSR count). The summed E-state index contributed by atoms with van der Waals surface area (Å²) >= 11 is 0. The summed E-state index contributed by atoms with van der Waals surface area (Å²) in [6, 6.07) is 0.325. The van der Waals surface area contributed by atoms with Crippen molar-refractivity contribution in [2.24, 2.45) is 5.41 Å². The van der Waals surface area contributed by atoms with Gasteiger partial charge in [0.25, 0.3) is 0 Å². The van der Waals surface area contributed by atoms with Crippen molar-refractivity contribution < 1.29 is 14.7 Å². The van der Waals surface area contributed by atoms with E-state index in [1.165, 1.54) is 6.42 Å². The van der Waals surface area contributed by atoms with E-state index in [0.29, 0.717) is 18.9 Å². The van der Waals surface area contributed by atoms with Crippen molar-refractivity contribution >= 4 is 11.9 Å². The van der Waals surface area contributed by atoms with E-state index >= 15 is 0 Å². The molecule has 1 atom stereocenters. The summed E-state index contributed by atoms with van der Waals surface area (Å²) in [5, 5.41) is 9.59. The molecule has 4 heteroatoms. The van der Waals surface area contributed by atoms with E-state index in [1.54, 1.807) is 0 Å². The van der Waals surface area contributed by atoms with Crippen molar-refractivity contribution in [1.29, 1.82) is 0 Å². The molecule has 114 valence electrons. The van der Waals surface area contributed by atoms with Crippen LogP contribution in [0.1, 0.15) is 71.1 Å². The molecule has 0 aromatic rings. The fourth-order valence-corrected chi connectivity index (χ4v) is 3.84. The van der Waals surface area contributed by atoms with Crippen LogP contribution in [-0.4, -0.2) is 34.5 Å². The Kier molecular flexibility index (Phi) is 5.06. The van der Waals surface area contributed by atoms with Crippen molar-refractivity contribution in [3.05, 3.63) is 0 Å². The fourth-order valence-electron chi connectivity index (χ4n) is 3.84. The van der Waals surface area contributed by atoms with E-state index < -0.39 is 11.4 Å². The van der Waals surface area contributed by atoms with Crippen molar-refractivity contribution in [2.75, 3.05) is 6.54 Å². The molecular formula is C16H27NO3. The van der Waals surface area contributed by atoms with E-state index in [9.17, 15) is 14.7 Å². The predicted octanol–water partition coefficient (Wildman–Crippen LogP) is 3.20. The standard InChI is InChI=1S/C16H27NO3/c1-2-13-8-4-7-11-17(13)14(18)12-16(15(19)20)9-5-3-6-10-16/h13H,2-12H2,1H3,(H,19,20). The molecular weight excluding hydrogens is 254 g/mol. The second-order valence-electron chi connectivity index (χ2n) is 6.47. The average Bonchev–Trinajstić information content (AvgIpc) is 2.48. The lowest BCUT2D eigenvalue weighted by Crippen LogP contribution is -2.47. The molecule has 1 saturated heterocycles. The number of aliphatic carboxylic acids is 1. The first-order chi connectivity index (χ1) is 9.59. The quantitative estimate of drug-likeness (QED) is 0.861. The molecule has 1 N–H and O–H groups in total. The summed E-state index contributed by atoms with van der Waals surface area (Å²) < 4.78 is 0. The van der Waals surface area contributed by atoms with Gasteiger partial charge in [-0.15, -0.1) is 0 Å². The first-order valence-electron chi connectivity index (χ1n) is 8.12. The number of carboxylic acids is 1. The van der Waals surface area contributed by atoms with Gasteiger partial charge < -0.3 is 10.0 Å². The van der Waals surface area contributed by atoms with Gasteiger partial charge in [-0.1, -0.05) is 26.2 Å². The smallest absolute Gasteiger partial charge is 0.310 e. The van der Waals surface area contributed by atoms with Gasteiger partial charge in [-0.05, 0) is 38.5 Å². The highest BCUT2D eigenvalue weighted by atomic mass is 16.4. The maximum Gasteiger partial charge on any atom is 0.310 e. The van der Waals surface area contributed by atoms with Crippen LogP contribution in [0.5, 0.6) is 0 Å². The van der Waals surface area contributed by atoms with Gasteiger partial charge in [0, 0.05) is 19.0 Å². The maximum absolute atomic E-state index is 12.6. The number of rotatable bonds is 4. The summed E-state index contributed by atoms with van der Waals surface area (Å²) in [4.78, 5) is 26.2. The second kappa shape index (κ2) is 6.59. The summed E-state index contributed by atoms with van der Waals surface area (Å²) in [7, 11) is 0. The number of likely N-dealkylation sites (tertiary alicyclic amines) is 1. The summed E-state index contributed by atoms with van der Waals surface area (Å²) in [6.07, 6.45) is 8.82. The molecule has 0 bridgehead atoms. The van der Waals surface area contributed by atoms with Crippen LogP contribution < -0.4 is 0 Å². The van der Waals surface area contributed by atoms with Gasteiger partial charge >= 0.3 is 5.97 Å². The van der Waals surface area contributed by atoms with E-state index in [4.69, 9.17) is 0 Å². The minimum Gasteiger partial charge on any atom is -0.481 e. The molecule has 0 aromatic carbocycles. The second-order valence-corrected chi connectivity index (χ2v) is 6.47.